The van der Waals surface area contributed by atoms with Crippen LogP contribution in [0.15, 0.2) is 42.6 Å². The van der Waals surface area contributed by atoms with E-state index in [9.17, 15) is 9.59 Å². The Bertz CT molecular complexity index is 637. The number of hydrogen-bond donors (Lipinski definition) is 3. The number of H-pyrrole nitrogens is 1. The molecule has 6 heteroatoms. The molecule has 6 nitrogen and oxygen atoms in total. The van der Waals surface area contributed by atoms with Crippen LogP contribution in [0.5, 0.6) is 0 Å². The van der Waals surface area contributed by atoms with E-state index in [0.29, 0.717) is 18.7 Å². The average Bonchev–Trinajstić information content (AvgIpc) is 2.97. The van der Waals surface area contributed by atoms with Crippen molar-refractivity contribution in [3.05, 3.63) is 53.9 Å². The van der Waals surface area contributed by atoms with Gasteiger partial charge in [0.05, 0.1) is 18.3 Å². The molecule has 1 aromatic carbocycles. The van der Waals surface area contributed by atoms with Gasteiger partial charge in [-0.1, -0.05) is 30.3 Å². The predicted octanol–water partition coefficient (Wildman–Crippen LogP) is 1.70. The second kappa shape index (κ2) is 7.42. The SMILES string of the molecule is CCOC(=O)c1cc(NC(=O)C(N)Cc2ccccc2)c[nH]1. The quantitative estimate of drug-likeness (QED) is 0.707. The van der Waals surface area contributed by atoms with E-state index in [1.165, 1.54) is 12.3 Å². The molecular formula is C16H19N3O3. The lowest BCUT2D eigenvalue weighted by molar-refractivity contribution is -0.117. The zero-order chi connectivity index (χ0) is 15.9. The van der Waals surface area contributed by atoms with Crippen molar-refractivity contribution in [3.63, 3.8) is 0 Å². The van der Waals surface area contributed by atoms with Gasteiger partial charge in [0.2, 0.25) is 5.91 Å². The molecule has 116 valence electrons. The number of nitrogens with one attached hydrogen (secondary N) is 2. The Hall–Kier alpha value is -2.60. The number of nitrogens with two attached hydrogens (primary N) is 1. The maximum absolute atomic E-state index is 12.1. The number of amides is 1. The average molecular weight is 301 g/mol. The number of esters is 1. The number of ether oxygens (including phenoxy) is 1. The molecule has 1 unspecified atom stereocenters. The third kappa shape index (κ3) is 4.20. The van der Waals surface area contributed by atoms with Gasteiger partial charge in [0.25, 0.3) is 0 Å². The largest absolute Gasteiger partial charge is 0.461 e. The molecule has 1 heterocycles. The molecule has 0 aliphatic rings. The fourth-order valence-corrected chi connectivity index (χ4v) is 1.99. The van der Waals surface area contributed by atoms with Crippen molar-refractivity contribution in [1.82, 2.24) is 4.98 Å². The van der Waals surface area contributed by atoms with Crippen LogP contribution >= 0.6 is 0 Å². The van der Waals surface area contributed by atoms with Gasteiger partial charge in [0.15, 0.2) is 0 Å². The van der Waals surface area contributed by atoms with E-state index < -0.39 is 12.0 Å². The van der Waals surface area contributed by atoms with Crippen LogP contribution in [0.2, 0.25) is 0 Å². The fourth-order valence-electron chi connectivity index (χ4n) is 1.99. The van der Waals surface area contributed by atoms with Crippen LogP contribution in [0.4, 0.5) is 5.69 Å². The lowest BCUT2D eigenvalue weighted by Gasteiger charge is -2.11. The van der Waals surface area contributed by atoms with Crippen LogP contribution in [0.3, 0.4) is 0 Å². The number of carbonyl (C=O) groups excluding carboxylic acids is 2. The first-order chi connectivity index (χ1) is 10.6. The molecule has 22 heavy (non-hydrogen) atoms. The zero-order valence-corrected chi connectivity index (χ0v) is 12.3. The monoisotopic (exact) mass is 301 g/mol. The zero-order valence-electron chi connectivity index (χ0n) is 12.3. The molecule has 2 rings (SSSR count). The van der Waals surface area contributed by atoms with Crippen molar-refractivity contribution in [2.45, 2.75) is 19.4 Å². The molecule has 0 fully saturated rings. The van der Waals surface area contributed by atoms with Gasteiger partial charge in [-0.3, -0.25) is 4.79 Å². The Morgan fingerprint density at radius 3 is 2.73 bits per heavy atom. The van der Waals surface area contributed by atoms with Gasteiger partial charge in [-0.05, 0) is 25.0 Å². The lowest BCUT2D eigenvalue weighted by atomic mass is 10.1. The third-order valence-corrected chi connectivity index (χ3v) is 3.08. The molecular weight excluding hydrogens is 282 g/mol. The minimum atomic E-state index is -0.664. The molecule has 0 saturated heterocycles. The molecule has 0 radical (unpaired) electrons. The molecule has 1 atom stereocenters. The van der Waals surface area contributed by atoms with Crippen molar-refractivity contribution in [2.24, 2.45) is 5.73 Å². The number of rotatable bonds is 6. The van der Waals surface area contributed by atoms with E-state index in [1.807, 2.05) is 30.3 Å². The minimum absolute atomic E-state index is 0.286. The second-order valence-corrected chi connectivity index (χ2v) is 4.81. The number of aromatic nitrogens is 1. The van der Waals surface area contributed by atoms with Crippen LogP contribution in [-0.2, 0) is 16.0 Å². The standard InChI is InChI=1S/C16H19N3O3/c1-2-22-16(21)14-9-12(10-18-14)19-15(20)13(17)8-11-6-4-3-5-7-11/h3-7,9-10,13,18H,2,8,17H2,1H3,(H,19,20). The minimum Gasteiger partial charge on any atom is -0.461 e. The van der Waals surface area contributed by atoms with E-state index >= 15 is 0 Å². The first-order valence-corrected chi connectivity index (χ1v) is 7.06. The van der Waals surface area contributed by atoms with Gasteiger partial charge in [-0.25, -0.2) is 4.79 Å². The first-order valence-electron chi connectivity index (χ1n) is 7.06. The van der Waals surface area contributed by atoms with Crippen LogP contribution < -0.4 is 11.1 Å². The molecule has 0 saturated carbocycles. The molecule has 1 amide bonds. The molecule has 2 aromatic rings. The smallest absolute Gasteiger partial charge is 0.354 e. The highest BCUT2D eigenvalue weighted by Crippen LogP contribution is 2.11. The number of carbonyl (C=O) groups is 2. The van der Waals surface area contributed by atoms with Crippen molar-refractivity contribution < 1.29 is 14.3 Å². The van der Waals surface area contributed by atoms with Crippen LogP contribution in [0.1, 0.15) is 23.0 Å². The fraction of sp³-hybridized carbons (Fsp3) is 0.250. The number of hydrogen-bond acceptors (Lipinski definition) is 4. The first kappa shape index (κ1) is 15.8. The van der Waals surface area contributed by atoms with Gasteiger partial charge >= 0.3 is 5.97 Å². The predicted molar refractivity (Wildman–Crippen MR) is 83.5 cm³/mol. The van der Waals surface area contributed by atoms with Crippen molar-refractivity contribution >= 4 is 17.6 Å². The van der Waals surface area contributed by atoms with E-state index in [1.54, 1.807) is 6.92 Å². The Morgan fingerprint density at radius 2 is 2.05 bits per heavy atom. The third-order valence-electron chi connectivity index (χ3n) is 3.08. The Balaban J connectivity index is 1.92. The van der Waals surface area contributed by atoms with Gasteiger partial charge < -0.3 is 20.8 Å². The number of benzene rings is 1. The van der Waals surface area contributed by atoms with Crippen LogP contribution in [0, 0.1) is 0 Å². The van der Waals surface area contributed by atoms with E-state index in [-0.39, 0.29) is 11.6 Å². The van der Waals surface area contributed by atoms with Gasteiger partial charge in [-0.15, -0.1) is 0 Å². The molecule has 0 bridgehead atoms. The van der Waals surface area contributed by atoms with E-state index in [0.717, 1.165) is 5.56 Å². The molecule has 1 aromatic heterocycles. The molecule has 4 N–H and O–H groups in total. The van der Waals surface area contributed by atoms with Gasteiger partial charge in [0, 0.05) is 6.20 Å². The van der Waals surface area contributed by atoms with Crippen molar-refractivity contribution in [1.29, 1.82) is 0 Å². The second-order valence-electron chi connectivity index (χ2n) is 4.81. The van der Waals surface area contributed by atoms with Crippen molar-refractivity contribution in [3.8, 4) is 0 Å². The van der Waals surface area contributed by atoms with Crippen LogP contribution in [-0.4, -0.2) is 29.5 Å². The highest BCUT2D eigenvalue weighted by Gasteiger charge is 2.16. The summed E-state index contributed by atoms with van der Waals surface area (Å²) in [4.78, 5) is 26.3. The number of anilines is 1. The molecule has 0 aliphatic heterocycles. The summed E-state index contributed by atoms with van der Waals surface area (Å²) in [5.74, 6) is -0.769. The summed E-state index contributed by atoms with van der Waals surface area (Å²) in [5.41, 5.74) is 7.66. The summed E-state index contributed by atoms with van der Waals surface area (Å²) in [6.45, 7) is 2.02. The number of aromatic amines is 1. The Labute approximate surface area is 128 Å². The Morgan fingerprint density at radius 1 is 1.32 bits per heavy atom. The normalized spacial score (nSPS) is 11.7. The lowest BCUT2D eigenvalue weighted by Crippen LogP contribution is -2.37. The summed E-state index contributed by atoms with van der Waals surface area (Å²) < 4.78 is 4.87. The van der Waals surface area contributed by atoms with Gasteiger partial charge in [-0.2, -0.15) is 0 Å². The summed E-state index contributed by atoms with van der Waals surface area (Å²) in [6, 6.07) is 10.4. The van der Waals surface area contributed by atoms with Gasteiger partial charge in [0.1, 0.15) is 5.69 Å². The molecule has 0 spiro atoms. The summed E-state index contributed by atoms with van der Waals surface area (Å²) in [6.07, 6.45) is 1.97. The van der Waals surface area contributed by atoms with E-state index in [4.69, 9.17) is 10.5 Å². The maximum atomic E-state index is 12.1. The van der Waals surface area contributed by atoms with Crippen molar-refractivity contribution in [2.75, 3.05) is 11.9 Å². The summed E-state index contributed by atoms with van der Waals surface area (Å²) in [7, 11) is 0. The van der Waals surface area contributed by atoms with E-state index in [2.05, 4.69) is 10.3 Å². The van der Waals surface area contributed by atoms with Crippen LogP contribution in [0.25, 0.3) is 0 Å². The topological polar surface area (TPSA) is 97.2 Å². The molecule has 0 aliphatic carbocycles. The highest BCUT2D eigenvalue weighted by molar-refractivity contribution is 5.96. The highest BCUT2D eigenvalue weighted by atomic mass is 16.5. The Kier molecular flexibility index (Phi) is 5.32. The summed E-state index contributed by atoms with van der Waals surface area (Å²) >= 11 is 0. The summed E-state index contributed by atoms with van der Waals surface area (Å²) in [5, 5.41) is 2.68. The maximum Gasteiger partial charge on any atom is 0.354 e.